The summed E-state index contributed by atoms with van der Waals surface area (Å²) in [6.45, 7) is 0.482. The molecule has 0 aliphatic rings. The third-order valence-corrected chi connectivity index (χ3v) is 3.33. The van der Waals surface area contributed by atoms with Crippen LogP contribution in [0.25, 0.3) is 0 Å². The third-order valence-electron chi connectivity index (χ3n) is 3.33. The van der Waals surface area contributed by atoms with Gasteiger partial charge in [-0.15, -0.1) is 0 Å². The molecule has 2 rings (SSSR count). The molecule has 1 unspecified atom stereocenters. The number of aromatic nitrogens is 2. The van der Waals surface area contributed by atoms with E-state index in [9.17, 15) is 18.9 Å². The van der Waals surface area contributed by atoms with Gasteiger partial charge in [-0.25, -0.2) is 4.68 Å². The maximum atomic E-state index is 12.1. The number of aryl methyl sites for hydroxylation is 2. The van der Waals surface area contributed by atoms with Crippen LogP contribution in [0.3, 0.4) is 0 Å². The molecule has 0 fully saturated rings. The van der Waals surface area contributed by atoms with E-state index >= 15 is 0 Å². The number of alkyl halides is 2. The van der Waals surface area contributed by atoms with Crippen LogP contribution in [0.15, 0.2) is 24.3 Å². The van der Waals surface area contributed by atoms with Crippen molar-refractivity contribution >= 4 is 11.5 Å². The van der Waals surface area contributed by atoms with Gasteiger partial charge in [0.1, 0.15) is 11.4 Å². The van der Waals surface area contributed by atoms with Gasteiger partial charge >= 0.3 is 12.3 Å². The van der Waals surface area contributed by atoms with Gasteiger partial charge in [0.15, 0.2) is 0 Å². The van der Waals surface area contributed by atoms with Crippen LogP contribution < -0.4 is 10.1 Å². The smallest absolute Gasteiger partial charge is 0.387 e. The fourth-order valence-electron chi connectivity index (χ4n) is 2.25. The molecule has 23 heavy (non-hydrogen) atoms. The van der Waals surface area contributed by atoms with Gasteiger partial charge in [0, 0.05) is 7.05 Å². The zero-order valence-electron chi connectivity index (χ0n) is 12.8. The molecule has 1 heterocycles. The predicted molar refractivity (Wildman–Crippen MR) is 79.7 cm³/mol. The minimum absolute atomic E-state index is 0.0540. The average molecular weight is 326 g/mol. The number of ether oxygens (including phenoxy) is 1. The van der Waals surface area contributed by atoms with Crippen LogP contribution in [0.5, 0.6) is 5.75 Å². The molecule has 7 nitrogen and oxygen atoms in total. The molecule has 0 aliphatic carbocycles. The van der Waals surface area contributed by atoms with Crippen molar-refractivity contribution in [3.8, 4) is 5.75 Å². The number of rotatable bonds is 6. The van der Waals surface area contributed by atoms with Crippen molar-refractivity contribution in [3.05, 3.63) is 45.6 Å². The molecule has 1 atom stereocenters. The summed E-state index contributed by atoms with van der Waals surface area (Å²) in [5.74, 6) is 0.339. The molecule has 2 aromatic rings. The molecule has 1 aromatic carbocycles. The van der Waals surface area contributed by atoms with Crippen LogP contribution in [0.4, 0.5) is 20.3 Å². The largest absolute Gasteiger partial charge is 0.435 e. The molecule has 0 amide bonds. The van der Waals surface area contributed by atoms with E-state index < -0.39 is 11.5 Å². The molecule has 0 radical (unpaired) electrons. The monoisotopic (exact) mass is 326 g/mol. The highest BCUT2D eigenvalue weighted by Gasteiger charge is 2.25. The number of benzene rings is 1. The maximum Gasteiger partial charge on any atom is 0.387 e. The van der Waals surface area contributed by atoms with Gasteiger partial charge in [0.05, 0.1) is 11.0 Å². The summed E-state index contributed by atoms with van der Waals surface area (Å²) >= 11 is 0. The van der Waals surface area contributed by atoms with E-state index in [-0.39, 0.29) is 23.3 Å². The number of hydrogen-bond donors (Lipinski definition) is 1. The first-order valence-electron chi connectivity index (χ1n) is 6.79. The van der Waals surface area contributed by atoms with Gasteiger partial charge in [0.2, 0.25) is 5.82 Å². The highest BCUT2D eigenvalue weighted by atomic mass is 19.3. The molecule has 124 valence electrons. The predicted octanol–water partition coefficient (Wildman–Crippen LogP) is 3.41. The van der Waals surface area contributed by atoms with E-state index in [1.807, 2.05) is 0 Å². The van der Waals surface area contributed by atoms with Crippen LogP contribution in [0, 0.1) is 17.0 Å². The fraction of sp³-hybridized carbons (Fsp3) is 0.357. The Bertz CT molecular complexity index is 701. The lowest BCUT2D eigenvalue weighted by Crippen LogP contribution is -2.11. The molecule has 0 saturated carbocycles. The summed E-state index contributed by atoms with van der Waals surface area (Å²) in [5, 5.41) is 18.2. The van der Waals surface area contributed by atoms with Gasteiger partial charge in [-0.1, -0.05) is 12.1 Å². The number of halogens is 2. The highest BCUT2D eigenvalue weighted by molar-refractivity contribution is 5.60. The summed E-state index contributed by atoms with van der Waals surface area (Å²) in [7, 11) is 1.61. The summed E-state index contributed by atoms with van der Waals surface area (Å²) in [6, 6.07) is 5.78. The van der Waals surface area contributed by atoms with Gasteiger partial charge in [-0.05, 0) is 31.5 Å². The Hall–Kier alpha value is -2.71. The molecular weight excluding hydrogens is 310 g/mol. The zero-order valence-corrected chi connectivity index (χ0v) is 12.8. The van der Waals surface area contributed by atoms with E-state index in [4.69, 9.17) is 0 Å². The van der Waals surface area contributed by atoms with Crippen LogP contribution in [-0.2, 0) is 7.05 Å². The van der Waals surface area contributed by atoms with Gasteiger partial charge in [-0.3, -0.25) is 10.1 Å². The second kappa shape index (κ2) is 6.59. The SMILES string of the molecule is Cc1nn(C)c(NC(C)c2ccc(OC(F)F)cc2)c1[N+](=O)[O-]. The second-order valence-electron chi connectivity index (χ2n) is 4.98. The Morgan fingerprint density at radius 1 is 1.35 bits per heavy atom. The van der Waals surface area contributed by atoms with Crippen LogP contribution >= 0.6 is 0 Å². The summed E-state index contributed by atoms with van der Waals surface area (Å²) in [6.07, 6.45) is 0. The van der Waals surface area contributed by atoms with Gasteiger partial charge in [-0.2, -0.15) is 13.9 Å². The van der Waals surface area contributed by atoms with Crippen molar-refractivity contribution in [1.82, 2.24) is 9.78 Å². The Labute approximate surface area is 131 Å². The number of anilines is 1. The lowest BCUT2D eigenvalue weighted by Gasteiger charge is -2.15. The van der Waals surface area contributed by atoms with Gasteiger partial charge in [0.25, 0.3) is 0 Å². The Balaban J connectivity index is 2.19. The van der Waals surface area contributed by atoms with Crippen LogP contribution in [-0.4, -0.2) is 21.3 Å². The Morgan fingerprint density at radius 2 is 1.96 bits per heavy atom. The third kappa shape index (κ3) is 3.74. The highest BCUT2D eigenvalue weighted by Crippen LogP contribution is 2.31. The van der Waals surface area contributed by atoms with Crippen molar-refractivity contribution in [2.24, 2.45) is 7.05 Å². The Kier molecular flexibility index (Phi) is 4.77. The molecule has 0 bridgehead atoms. The van der Waals surface area contributed by atoms with E-state index in [2.05, 4.69) is 15.2 Å². The molecule has 0 aliphatic heterocycles. The fourth-order valence-corrected chi connectivity index (χ4v) is 2.25. The standard InChI is InChI=1S/C14H16F2N4O3/c1-8(10-4-6-11(7-5-10)23-14(15)16)17-13-12(20(21)22)9(2)18-19(13)3/h4-8,14,17H,1-3H3. The van der Waals surface area contributed by atoms with Crippen LogP contribution in [0.1, 0.15) is 24.2 Å². The Morgan fingerprint density at radius 3 is 2.48 bits per heavy atom. The quantitative estimate of drug-likeness (QED) is 0.650. The van der Waals surface area contributed by atoms with Crippen molar-refractivity contribution < 1.29 is 18.4 Å². The lowest BCUT2D eigenvalue weighted by atomic mass is 10.1. The number of nitrogens with one attached hydrogen (secondary N) is 1. The molecular formula is C14H16F2N4O3. The average Bonchev–Trinajstić information content (AvgIpc) is 2.73. The molecule has 1 aromatic heterocycles. The minimum atomic E-state index is -2.88. The maximum absolute atomic E-state index is 12.1. The minimum Gasteiger partial charge on any atom is -0.435 e. The number of nitro groups is 1. The van der Waals surface area contributed by atoms with E-state index in [0.717, 1.165) is 5.56 Å². The second-order valence-corrected chi connectivity index (χ2v) is 4.98. The summed E-state index contributed by atoms with van der Waals surface area (Å²) < 4.78 is 29.9. The summed E-state index contributed by atoms with van der Waals surface area (Å²) in [5.41, 5.74) is 0.990. The first-order valence-corrected chi connectivity index (χ1v) is 6.79. The van der Waals surface area contributed by atoms with Crippen molar-refractivity contribution in [1.29, 1.82) is 0 Å². The molecule has 0 spiro atoms. The van der Waals surface area contributed by atoms with Crippen molar-refractivity contribution in [2.75, 3.05) is 5.32 Å². The molecule has 1 N–H and O–H groups in total. The summed E-state index contributed by atoms with van der Waals surface area (Å²) in [4.78, 5) is 10.7. The first-order chi connectivity index (χ1) is 10.8. The van der Waals surface area contributed by atoms with Crippen molar-refractivity contribution in [2.45, 2.75) is 26.5 Å². The first kappa shape index (κ1) is 16.7. The normalized spacial score (nSPS) is 12.3. The molecule has 9 heteroatoms. The van der Waals surface area contributed by atoms with Crippen LogP contribution in [0.2, 0.25) is 0 Å². The van der Waals surface area contributed by atoms with Gasteiger partial charge < -0.3 is 10.1 Å². The van der Waals surface area contributed by atoms with Crippen molar-refractivity contribution in [3.63, 3.8) is 0 Å². The topological polar surface area (TPSA) is 82.2 Å². The zero-order chi connectivity index (χ0) is 17.1. The van der Waals surface area contributed by atoms with E-state index in [1.54, 1.807) is 33.0 Å². The lowest BCUT2D eigenvalue weighted by molar-refractivity contribution is -0.384. The molecule has 0 saturated heterocycles. The number of hydrogen-bond acceptors (Lipinski definition) is 5. The van der Waals surface area contributed by atoms with E-state index in [0.29, 0.717) is 5.69 Å². The number of nitrogens with zero attached hydrogens (tertiary/aromatic N) is 3. The van der Waals surface area contributed by atoms with E-state index in [1.165, 1.54) is 16.8 Å².